The number of rotatable bonds is 51. The molecule has 1 N–H and O–H groups in total. The standard InChI is InChI=1S/C67H106O5/c1-3-5-7-9-11-13-15-17-19-21-23-24-25-26-27-28-29-30-31-32-33-34-35-36-37-38-39-40-41-42-44-46-48-50-52-54-56-58-60-62-67(70)72-65(63-68)64-71-66(69)61-59-57-55-53-51-49-47-45-43-22-20-18-16-14-12-10-8-6-4-2/h5,7,11-14,17-20,23-24,26-27,29-30,32-33,35-36,38-39,41-43,45,65,68H,3-4,6,8-10,15-16,21-22,25,28,31,34,37,40,44,46-64H2,1-2H3/b7-5-,13-11-,14-12-,19-17-,20-18-,24-23-,27-26-,30-29-,33-32-,36-35-,39-38-,42-41-,45-43-. The molecule has 0 bridgehead atoms. The van der Waals surface area contributed by atoms with Gasteiger partial charge in [-0.05, 0) is 128 Å². The molecule has 0 fully saturated rings. The van der Waals surface area contributed by atoms with E-state index < -0.39 is 6.10 Å². The minimum atomic E-state index is -0.794. The van der Waals surface area contributed by atoms with Crippen molar-refractivity contribution in [2.75, 3.05) is 13.2 Å². The summed E-state index contributed by atoms with van der Waals surface area (Å²) in [6, 6.07) is 0. The zero-order valence-corrected chi connectivity index (χ0v) is 46.1. The molecule has 5 heteroatoms. The van der Waals surface area contributed by atoms with Gasteiger partial charge in [0.05, 0.1) is 6.61 Å². The molecule has 0 aromatic rings. The number of aliphatic hydroxyl groups is 1. The summed E-state index contributed by atoms with van der Waals surface area (Å²) < 4.78 is 10.7. The van der Waals surface area contributed by atoms with E-state index in [1.807, 2.05) is 0 Å². The van der Waals surface area contributed by atoms with Crippen molar-refractivity contribution in [3.63, 3.8) is 0 Å². The third-order valence-corrected chi connectivity index (χ3v) is 11.8. The highest BCUT2D eigenvalue weighted by molar-refractivity contribution is 5.70. The van der Waals surface area contributed by atoms with Crippen molar-refractivity contribution in [2.45, 2.75) is 238 Å². The molecule has 1 unspecified atom stereocenters. The fourth-order valence-electron chi connectivity index (χ4n) is 7.47. The van der Waals surface area contributed by atoms with Crippen molar-refractivity contribution in [2.24, 2.45) is 0 Å². The molecule has 0 aliphatic heterocycles. The molecule has 0 amide bonds. The minimum Gasteiger partial charge on any atom is -0.462 e. The van der Waals surface area contributed by atoms with Gasteiger partial charge in [-0.15, -0.1) is 0 Å². The third-order valence-electron chi connectivity index (χ3n) is 11.8. The molecular weight excluding hydrogens is 885 g/mol. The Morgan fingerprint density at radius 1 is 0.333 bits per heavy atom. The fraction of sp³-hybridized carbons (Fsp3) is 0.582. The lowest BCUT2D eigenvalue weighted by atomic mass is 10.1. The Bertz CT molecular complexity index is 1590. The van der Waals surface area contributed by atoms with Crippen LogP contribution in [0.3, 0.4) is 0 Å². The molecule has 0 saturated carbocycles. The van der Waals surface area contributed by atoms with Crippen LogP contribution >= 0.6 is 0 Å². The molecule has 0 spiro atoms. The predicted octanol–water partition coefficient (Wildman–Crippen LogP) is 20.0. The van der Waals surface area contributed by atoms with Crippen LogP contribution in [0, 0.1) is 0 Å². The predicted molar refractivity (Wildman–Crippen MR) is 315 cm³/mol. The van der Waals surface area contributed by atoms with Gasteiger partial charge in [-0.3, -0.25) is 9.59 Å². The van der Waals surface area contributed by atoms with Crippen LogP contribution in [0.4, 0.5) is 0 Å². The zero-order chi connectivity index (χ0) is 52.0. The van der Waals surface area contributed by atoms with Gasteiger partial charge in [-0.2, -0.15) is 0 Å². The third kappa shape index (κ3) is 58.1. The average molecular weight is 992 g/mol. The minimum absolute atomic E-state index is 0.0853. The van der Waals surface area contributed by atoms with Crippen molar-refractivity contribution in [3.8, 4) is 0 Å². The maximum atomic E-state index is 12.3. The first-order chi connectivity index (χ1) is 35.6. The zero-order valence-electron chi connectivity index (χ0n) is 46.1. The molecular formula is C67H106O5. The molecule has 0 aromatic heterocycles. The van der Waals surface area contributed by atoms with Gasteiger partial charge in [0.1, 0.15) is 6.61 Å². The number of ether oxygens (including phenoxy) is 2. The quantitative estimate of drug-likeness (QED) is 0.0373. The molecule has 0 radical (unpaired) electrons. The van der Waals surface area contributed by atoms with Gasteiger partial charge in [0.2, 0.25) is 0 Å². The first-order valence-corrected chi connectivity index (χ1v) is 29.0. The number of hydrogen-bond acceptors (Lipinski definition) is 5. The van der Waals surface area contributed by atoms with Crippen LogP contribution in [0.2, 0.25) is 0 Å². The number of unbranched alkanes of at least 4 members (excludes halogenated alkanes) is 17. The molecule has 0 heterocycles. The fourth-order valence-corrected chi connectivity index (χ4v) is 7.47. The van der Waals surface area contributed by atoms with E-state index in [0.717, 1.165) is 128 Å². The van der Waals surface area contributed by atoms with Gasteiger partial charge in [0.25, 0.3) is 0 Å². The van der Waals surface area contributed by atoms with Gasteiger partial charge in [0, 0.05) is 12.8 Å². The lowest BCUT2D eigenvalue weighted by Gasteiger charge is -2.15. The SMILES string of the molecule is CC/C=C\C/C=C\C/C=C\C/C=C\C/C=C\C/C=C\C/C=C\C/C=C\C/C=C\C/C=C\CCCCCCCCCCC(=O)OC(CO)COC(=O)CCCCCCCC/C=C\C/C=C\C/C=C\CCCCC. The Kier molecular flexibility index (Phi) is 57.0. The highest BCUT2D eigenvalue weighted by Crippen LogP contribution is 2.13. The van der Waals surface area contributed by atoms with Gasteiger partial charge < -0.3 is 14.6 Å². The number of carbonyl (C=O) groups is 2. The van der Waals surface area contributed by atoms with E-state index in [1.165, 1.54) is 77.0 Å². The van der Waals surface area contributed by atoms with E-state index >= 15 is 0 Å². The van der Waals surface area contributed by atoms with E-state index in [4.69, 9.17) is 9.47 Å². The van der Waals surface area contributed by atoms with E-state index in [2.05, 4.69) is 172 Å². The van der Waals surface area contributed by atoms with Crippen molar-refractivity contribution in [1.29, 1.82) is 0 Å². The van der Waals surface area contributed by atoms with E-state index in [0.29, 0.717) is 12.8 Å². The summed E-state index contributed by atoms with van der Waals surface area (Å²) in [4.78, 5) is 24.5. The van der Waals surface area contributed by atoms with Crippen LogP contribution in [-0.4, -0.2) is 36.4 Å². The molecule has 404 valence electrons. The van der Waals surface area contributed by atoms with Crippen molar-refractivity contribution < 1.29 is 24.2 Å². The molecule has 0 aliphatic carbocycles. The molecule has 1 atom stereocenters. The normalized spacial score (nSPS) is 13.4. The first kappa shape index (κ1) is 67.5. The van der Waals surface area contributed by atoms with Crippen LogP contribution in [0.15, 0.2) is 158 Å². The Labute approximate surface area is 443 Å². The number of hydrogen-bond donors (Lipinski definition) is 1. The molecule has 72 heavy (non-hydrogen) atoms. The Hall–Kier alpha value is -4.48. The van der Waals surface area contributed by atoms with Crippen LogP contribution in [0.1, 0.15) is 232 Å². The molecule has 0 rings (SSSR count). The van der Waals surface area contributed by atoms with E-state index in [9.17, 15) is 14.7 Å². The van der Waals surface area contributed by atoms with Gasteiger partial charge in [0.15, 0.2) is 6.10 Å². The van der Waals surface area contributed by atoms with Crippen LogP contribution in [0.5, 0.6) is 0 Å². The number of esters is 2. The summed E-state index contributed by atoms with van der Waals surface area (Å²) >= 11 is 0. The molecule has 0 saturated heterocycles. The molecule has 0 aromatic carbocycles. The van der Waals surface area contributed by atoms with Crippen molar-refractivity contribution in [3.05, 3.63) is 158 Å². The molecule has 0 aliphatic rings. The monoisotopic (exact) mass is 991 g/mol. The highest BCUT2D eigenvalue weighted by atomic mass is 16.6. The van der Waals surface area contributed by atoms with Crippen molar-refractivity contribution >= 4 is 11.9 Å². The highest BCUT2D eigenvalue weighted by Gasteiger charge is 2.16. The smallest absolute Gasteiger partial charge is 0.306 e. The topological polar surface area (TPSA) is 72.8 Å². The van der Waals surface area contributed by atoms with E-state index in [-0.39, 0.29) is 25.2 Å². The second-order valence-corrected chi connectivity index (χ2v) is 18.6. The summed E-state index contributed by atoms with van der Waals surface area (Å²) in [5.74, 6) is -0.624. The number of carbonyl (C=O) groups excluding carboxylic acids is 2. The first-order valence-electron chi connectivity index (χ1n) is 29.0. The number of allylic oxidation sites excluding steroid dienone is 26. The number of aliphatic hydroxyl groups excluding tert-OH is 1. The van der Waals surface area contributed by atoms with Crippen LogP contribution in [-0.2, 0) is 19.1 Å². The van der Waals surface area contributed by atoms with Gasteiger partial charge in [-0.25, -0.2) is 0 Å². The Morgan fingerprint density at radius 3 is 0.903 bits per heavy atom. The lowest BCUT2D eigenvalue weighted by molar-refractivity contribution is -0.161. The maximum Gasteiger partial charge on any atom is 0.306 e. The van der Waals surface area contributed by atoms with Crippen LogP contribution in [0.25, 0.3) is 0 Å². The van der Waals surface area contributed by atoms with Crippen molar-refractivity contribution in [1.82, 2.24) is 0 Å². The van der Waals surface area contributed by atoms with Gasteiger partial charge >= 0.3 is 11.9 Å². The summed E-state index contributed by atoms with van der Waals surface area (Å²) in [7, 11) is 0. The molecule has 5 nitrogen and oxygen atoms in total. The van der Waals surface area contributed by atoms with Crippen LogP contribution < -0.4 is 0 Å². The summed E-state index contributed by atoms with van der Waals surface area (Å²) in [6.07, 6.45) is 93.5. The maximum absolute atomic E-state index is 12.3. The average Bonchev–Trinajstić information content (AvgIpc) is 3.38. The summed E-state index contributed by atoms with van der Waals surface area (Å²) in [5.41, 5.74) is 0. The lowest BCUT2D eigenvalue weighted by Crippen LogP contribution is -2.28. The second-order valence-electron chi connectivity index (χ2n) is 18.6. The second kappa shape index (κ2) is 60.8. The van der Waals surface area contributed by atoms with Gasteiger partial charge in [-0.1, -0.05) is 249 Å². The summed E-state index contributed by atoms with van der Waals surface area (Å²) in [5, 5.41) is 9.65. The van der Waals surface area contributed by atoms with E-state index in [1.54, 1.807) is 0 Å². The Balaban J connectivity index is 3.63. The Morgan fingerprint density at radius 2 is 0.597 bits per heavy atom. The summed E-state index contributed by atoms with van der Waals surface area (Å²) in [6.45, 7) is 3.97. The largest absolute Gasteiger partial charge is 0.462 e.